The molecule has 0 aliphatic carbocycles. The highest BCUT2D eigenvalue weighted by molar-refractivity contribution is 8.45. The molecule has 0 aliphatic heterocycles. The molecule has 2 aromatic carbocycles. The number of halogens is 5. The van der Waals surface area contributed by atoms with Crippen molar-refractivity contribution in [3.8, 4) is 6.07 Å². The summed E-state index contributed by atoms with van der Waals surface area (Å²) in [6.07, 6.45) is 2.19. The van der Waals surface area contributed by atoms with Gasteiger partial charge in [-0.2, -0.15) is 5.26 Å². The minimum Gasteiger partial charge on any atom is -0.347 e. The average molecular weight is 502 g/mol. The zero-order valence-electron chi connectivity index (χ0n) is 19.4. The van der Waals surface area contributed by atoms with Crippen molar-refractivity contribution in [3.05, 3.63) is 77.4 Å². The number of nitrogens with zero attached hydrogens (tertiary/aromatic N) is 2. The van der Waals surface area contributed by atoms with Crippen LogP contribution >= 0.6 is 10.2 Å². The summed E-state index contributed by atoms with van der Waals surface area (Å²) in [5, 5.41) is 12.1. The van der Waals surface area contributed by atoms with Crippen LogP contribution < -0.4 is 5.32 Å². The Hall–Kier alpha value is -3.19. The molecule has 0 fully saturated rings. The first-order valence-electron chi connectivity index (χ1n) is 10.3. The van der Waals surface area contributed by atoms with Crippen LogP contribution in [-0.4, -0.2) is 25.2 Å². The van der Waals surface area contributed by atoms with E-state index in [0.717, 1.165) is 29.7 Å². The number of benzene rings is 2. The molecule has 0 aromatic heterocycles. The summed E-state index contributed by atoms with van der Waals surface area (Å²) in [5.41, 5.74) is 3.72. The van der Waals surface area contributed by atoms with Crippen LogP contribution in [0.15, 0.2) is 65.0 Å². The SMILES string of the molecule is C=CC(=O)NCC(=NC)c1c(C#N)cccc1C(C)CC.Cc1ccc(S(F)(F)(F)(F)F)cc1. The second kappa shape index (κ2) is 10.4. The van der Waals surface area contributed by atoms with Crippen molar-refractivity contribution >= 4 is 21.8 Å². The van der Waals surface area contributed by atoms with Crippen molar-refractivity contribution in [1.29, 1.82) is 5.26 Å². The molecule has 0 aliphatic rings. The van der Waals surface area contributed by atoms with E-state index < -0.39 is 15.1 Å². The van der Waals surface area contributed by atoms with E-state index >= 15 is 0 Å². The molecule has 0 saturated carbocycles. The fraction of sp³-hybridized carbons (Fsp3) is 0.292. The summed E-state index contributed by atoms with van der Waals surface area (Å²) in [5.74, 6) is 0.0656. The lowest BCUT2D eigenvalue weighted by Gasteiger charge is -2.40. The van der Waals surface area contributed by atoms with Gasteiger partial charge in [0.25, 0.3) is 0 Å². The third-order valence-corrected chi connectivity index (χ3v) is 6.16. The number of nitriles is 1. The van der Waals surface area contributed by atoms with Crippen molar-refractivity contribution < 1.29 is 24.2 Å². The molecule has 1 N–H and O–H groups in total. The molecule has 2 aromatic rings. The maximum absolute atomic E-state index is 12.1. The summed E-state index contributed by atoms with van der Waals surface area (Å²) in [4.78, 5) is 13.8. The first-order chi connectivity index (χ1) is 15.6. The molecule has 0 saturated heterocycles. The van der Waals surface area contributed by atoms with Crippen molar-refractivity contribution in [1.82, 2.24) is 5.32 Å². The summed E-state index contributed by atoms with van der Waals surface area (Å²) in [6.45, 7) is 9.46. The Bertz CT molecular complexity index is 1110. The van der Waals surface area contributed by atoms with Gasteiger partial charge in [-0.05, 0) is 49.1 Å². The third kappa shape index (κ3) is 8.30. The predicted molar refractivity (Wildman–Crippen MR) is 128 cm³/mol. The average Bonchev–Trinajstić information content (AvgIpc) is 2.77. The number of aryl methyl sites for hydroxylation is 1. The van der Waals surface area contributed by atoms with E-state index in [0.29, 0.717) is 34.9 Å². The number of carbonyl (C=O) groups is 1. The number of amides is 1. The highest BCUT2D eigenvalue weighted by Crippen LogP contribution is 3.02. The van der Waals surface area contributed by atoms with Gasteiger partial charge in [-0.1, -0.05) is 69.7 Å². The van der Waals surface area contributed by atoms with E-state index in [9.17, 15) is 29.5 Å². The van der Waals surface area contributed by atoms with Crippen molar-refractivity contribution in [2.45, 2.75) is 38.0 Å². The van der Waals surface area contributed by atoms with Crippen molar-refractivity contribution in [3.63, 3.8) is 0 Å². The smallest absolute Gasteiger partial charge is 0.310 e. The minimum absolute atomic E-state index is 0.254. The Morgan fingerprint density at radius 2 is 1.76 bits per heavy atom. The molecule has 4 nitrogen and oxygen atoms in total. The van der Waals surface area contributed by atoms with Crippen LogP contribution in [0.2, 0.25) is 0 Å². The first kappa shape index (κ1) is 28.8. The van der Waals surface area contributed by atoms with Crippen LogP contribution in [0, 0.1) is 18.3 Å². The van der Waals surface area contributed by atoms with Gasteiger partial charge in [-0.3, -0.25) is 9.79 Å². The fourth-order valence-electron chi connectivity index (χ4n) is 2.93. The van der Waals surface area contributed by atoms with Gasteiger partial charge in [0.15, 0.2) is 0 Å². The summed E-state index contributed by atoms with van der Waals surface area (Å²) >= 11 is 0. The zero-order chi connectivity index (χ0) is 26.2. The highest BCUT2D eigenvalue weighted by atomic mass is 32.5. The summed E-state index contributed by atoms with van der Waals surface area (Å²) in [6, 6.07) is 10.7. The van der Waals surface area contributed by atoms with Gasteiger partial charge in [-0.25, -0.2) is 0 Å². The quantitative estimate of drug-likeness (QED) is 0.243. The van der Waals surface area contributed by atoms with Gasteiger partial charge in [0.05, 0.1) is 23.9 Å². The Balaban J connectivity index is 0.000000380. The Morgan fingerprint density at radius 1 is 1.18 bits per heavy atom. The standard InChI is InChI=1S/C17H21N3O.C7H7F5S/c1-5-12(3)14-9-7-8-13(10-18)17(14)15(19-4)11-20-16(21)6-2;1-6-2-4-7(5-3-6)13(8,9,10,11)12/h6-9,12H,2,5,11H2,1,3-4H3,(H,20,21);2-5H,1H3. The van der Waals surface area contributed by atoms with Gasteiger partial charge in [0, 0.05) is 12.6 Å². The van der Waals surface area contributed by atoms with E-state index in [2.05, 4.69) is 36.8 Å². The lowest BCUT2D eigenvalue weighted by atomic mass is 9.88. The molecule has 34 heavy (non-hydrogen) atoms. The lowest BCUT2D eigenvalue weighted by Crippen LogP contribution is -2.29. The van der Waals surface area contributed by atoms with Gasteiger partial charge in [0.1, 0.15) is 4.90 Å². The van der Waals surface area contributed by atoms with Gasteiger partial charge >= 0.3 is 10.2 Å². The molecule has 1 atom stereocenters. The second-order valence-corrected chi connectivity index (χ2v) is 9.97. The molecule has 186 valence electrons. The van der Waals surface area contributed by atoms with E-state index in [4.69, 9.17) is 0 Å². The van der Waals surface area contributed by atoms with E-state index in [-0.39, 0.29) is 12.5 Å². The molecule has 0 radical (unpaired) electrons. The van der Waals surface area contributed by atoms with Crippen LogP contribution in [0.4, 0.5) is 19.4 Å². The number of hydrogen-bond acceptors (Lipinski definition) is 3. The second-order valence-electron chi connectivity index (χ2n) is 7.57. The molecular weight excluding hydrogens is 473 g/mol. The molecule has 1 amide bonds. The monoisotopic (exact) mass is 501 g/mol. The van der Waals surface area contributed by atoms with Crippen LogP contribution in [0.25, 0.3) is 0 Å². The molecular formula is C24H28F5N3OS. The molecule has 0 heterocycles. The molecule has 1 unspecified atom stereocenters. The minimum atomic E-state index is -9.45. The maximum atomic E-state index is 12.1. The fourth-order valence-corrected chi connectivity index (χ4v) is 3.58. The van der Waals surface area contributed by atoms with Crippen LogP contribution in [-0.2, 0) is 4.79 Å². The third-order valence-electron chi connectivity index (χ3n) is 5.00. The van der Waals surface area contributed by atoms with Crippen LogP contribution in [0.1, 0.15) is 48.4 Å². The number of carbonyl (C=O) groups excluding carboxylic acids is 1. The molecule has 0 spiro atoms. The normalized spacial score (nSPS) is 14.4. The van der Waals surface area contributed by atoms with Gasteiger partial charge in [-0.15, -0.1) is 0 Å². The highest BCUT2D eigenvalue weighted by Gasteiger charge is 2.65. The first-order valence-corrected chi connectivity index (χ1v) is 12.2. The largest absolute Gasteiger partial charge is 0.347 e. The van der Waals surface area contributed by atoms with Crippen LogP contribution in [0.3, 0.4) is 0 Å². The summed E-state index contributed by atoms with van der Waals surface area (Å²) < 4.78 is 60.4. The number of aliphatic imine (C=N–C) groups is 1. The zero-order valence-corrected chi connectivity index (χ0v) is 20.2. The van der Waals surface area contributed by atoms with E-state index in [1.807, 2.05) is 12.1 Å². The molecule has 2 rings (SSSR count). The Labute approximate surface area is 196 Å². The molecule has 0 bridgehead atoms. The topological polar surface area (TPSA) is 65.2 Å². The lowest BCUT2D eigenvalue weighted by molar-refractivity contribution is -0.116. The number of nitrogens with one attached hydrogen (secondary N) is 1. The van der Waals surface area contributed by atoms with Crippen molar-refractivity contribution in [2.75, 3.05) is 13.6 Å². The number of rotatable bonds is 7. The Morgan fingerprint density at radius 3 is 2.21 bits per heavy atom. The van der Waals surface area contributed by atoms with E-state index in [1.54, 1.807) is 13.1 Å². The van der Waals surface area contributed by atoms with Gasteiger partial charge in [0.2, 0.25) is 5.91 Å². The number of hydrogen-bond donors (Lipinski definition) is 1. The Kier molecular flexibility index (Phi) is 8.81. The van der Waals surface area contributed by atoms with Crippen LogP contribution in [0.5, 0.6) is 0 Å². The predicted octanol–water partition coefficient (Wildman–Crippen LogP) is 7.45. The van der Waals surface area contributed by atoms with Crippen molar-refractivity contribution in [2.24, 2.45) is 4.99 Å². The maximum Gasteiger partial charge on any atom is 0.310 e. The molecule has 10 heteroatoms. The van der Waals surface area contributed by atoms with Gasteiger partial charge < -0.3 is 5.32 Å². The summed E-state index contributed by atoms with van der Waals surface area (Å²) in [7, 11) is -7.78. The van der Waals surface area contributed by atoms with E-state index in [1.165, 1.54) is 13.0 Å².